The molecule has 0 aliphatic rings. The highest BCUT2D eigenvalue weighted by molar-refractivity contribution is 5.78. The van der Waals surface area contributed by atoms with E-state index >= 15 is 0 Å². The van der Waals surface area contributed by atoms with E-state index in [-0.39, 0.29) is 0 Å². The molecule has 0 amide bonds. The van der Waals surface area contributed by atoms with Gasteiger partial charge in [-0.1, -0.05) is 69.3 Å². The van der Waals surface area contributed by atoms with Gasteiger partial charge in [-0.05, 0) is 28.5 Å². The molecule has 2 aromatic carbocycles. The Morgan fingerprint density at radius 1 is 0.947 bits per heavy atom. The van der Waals surface area contributed by atoms with Crippen molar-refractivity contribution in [2.45, 2.75) is 27.2 Å². The first-order valence-corrected chi connectivity index (χ1v) is 6.55. The van der Waals surface area contributed by atoms with Crippen LogP contribution in [0.5, 0.6) is 0 Å². The van der Waals surface area contributed by atoms with Gasteiger partial charge in [0.15, 0.2) is 5.69 Å². The Morgan fingerprint density at radius 3 is 2.16 bits per heavy atom. The number of para-hydroxylation sites is 1. The second kappa shape index (κ2) is 5.28. The van der Waals surface area contributed by atoms with Crippen LogP contribution in [-0.2, 0) is 6.42 Å². The van der Waals surface area contributed by atoms with Gasteiger partial charge >= 0.3 is 0 Å². The van der Waals surface area contributed by atoms with Crippen LogP contribution in [-0.4, -0.2) is 0 Å². The molecule has 0 bridgehead atoms. The van der Waals surface area contributed by atoms with E-state index in [0.29, 0.717) is 11.1 Å². The van der Waals surface area contributed by atoms with Crippen molar-refractivity contribution >= 4 is 5.69 Å². The number of rotatable bonds is 2. The molecule has 2 rings (SSSR count). The molecule has 0 aromatic heterocycles. The van der Waals surface area contributed by atoms with Gasteiger partial charge in [-0.3, -0.25) is 0 Å². The number of benzene rings is 2. The maximum absolute atomic E-state index is 7.22. The van der Waals surface area contributed by atoms with E-state index < -0.39 is 0 Å². The van der Waals surface area contributed by atoms with Crippen molar-refractivity contribution in [3.63, 3.8) is 0 Å². The molecule has 0 radical (unpaired) electrons. The topological polar surface area (TPSA) is 4.36 Å². The quantitative estimate of drug-likeness (QED) is 0.620. The molecule has 19 heavy (non-hydrogen) atoms. The van der Waals surface area contributed by atoms with Crippen molar-refractivity contribution in [1.29, 1.82) is 0 Å². The van der Waals surface area contributed by atoms with Crippen LogP contribution in [0.2, 0.25) is 0 Å². The molecular weight excluding hydrogens is 230 g/mol. The van der Waals surface area contributed by atoms with Crippen molar-refractivity contribution in [1.82, 2.24) is 0 Å². The molecule has 0 N–H and O–H groups in total. The third-order valence-electron chi connectivity index (χ3n) is 3.02. The monoisotopic (exact) mass is 249 g/mol. The van der Waals surface area contributed by atoms with Crippen molar-refractivity contribution in [3.8, 4) is 11.1 Å². The van der Waals surface area contributed by atoms with E-state index in [1.54, 1.807) is 0 Å². The Bertz CT molecular complexity index is 595. The van der Waals surface area contributed by atoms with E-state index in [2.05, 4.69) is 49.9 Å². The lowest BCUT2D eigenvalue weighted by molar-refractivity contribution is 0.411. The van der Waals surface area contributed by atoms with Gasteiger partial charge in [0.25, 0.3) is 0 Å². The number of hydrogen-bond donors (Lipinski definition) is 0. The number of hydrogen-bond acceptors (Lipinski definition) is 0. The minimum absolute atomic E-state index is 0.302. The normalized spacial score (nSPS) is 11.1. The molecule has 0 heterocycles. The standard InChI is InChI=1S/C18H19N/c1-18(2,3)13-14-9-11-15(12-10-14)16-7-5-6-8-17(16)19-4/h5-12H,13H2,1-3H3. The van der Waals surface area contributed by atoms with Gasteiger partial charge in [-0.2, -0.15) is 0 Å². The highest BCUT2D eigenvalue weighted by atomic mass is 14.6. The van der Waals surface area contributed by atoms with Gasteiger partial charge < -0.3 is 0 Å². The highest BCUT2D eigenvalue weighted by Gasteiger charge is 2.11. The first-order valence-electron chi connectivity index (χ1n) is 6.55. The smallest absolute Gasteiger partial charge is 0.194 e. The van der Waals surface area contributed by atoms with E-state index in [9.17, 15) is 0 Å². The predicted octanol–water partition coefficient (Wildman–Crippen LogP) is 5.49. The Labute approximate surface area is 115 Å². The van der Waals surface area contributed by atoms with Crippen molar-refractivity contribution in [3.05, 3.63) is 65.5 Å². The zero-order chi connectivity index (χ0) is 13.9. The summed E-state index contributed by atoms with van der Waals surface area (Å²) in [5, 5.41) is 0. The van der Waals surface area contributed by atoms with Crippen LogP contribution in [0.25, 0.3) is 16.0 Å². The van der Waals surface area contributed by atoms with Gasteiger partial charge in [0.1, 0.15) is 0 Å². The Kier molecular flexibility index (Phi) is 3.71. The van der Waals surface area contributed by atoms with Gasteiger partial charge in [0, 0.05) is 0 Å². The van der Waals surface area contributed by atoms with Crippen LogP contribution in [0, 0.1) is 12.0 Å². The van der Waals surface area contributed by atoms with Crippen LogP contribution in [0.4, 0.5) is 5.69 Å². The SMILES string of the molecule is [C-]#[N+]c1ccccc1-c1ccc(CC(C)(C)C)cc1. The summed E-state index contributed by atoms with van der Waals surface area (Å²) in [6.45, 7) is 14.0. The average molecular weight is 249 g/mol. The van der Waals surface area contributed by atoms with Crippen molar-refractivity contribution in [2.75, 3.05) is 0 Å². The first kappa shape index (κ1) is 13.4. The fraction of sp³-hybridized carbons (Fsp3) is 0.278. The highest BCUT2D eigenvalue weighted by Crippen LogP contribution is 2.30. The van der Waals surface area contributed by atoms with E-state index in [1.165, 1.54) is 5.56 Å². The summed E-state index contributed by atoms with van der Waals surface area (Å²) in [5.74, 6) is 0. The minimum Gasteiger partial charge on any atom is -0.238 e. The summed E-state index contributed by atoms with van der Waals surface area (Å²) < 4.78 is 0. The third-order valence-corrected chi connectivity index (χ3v) is 3.02. The molecule has 0 spiro atoms. The van der Waals surface area contributed by atoms with Gasteiger partial charge in [0.2, 0.25) is 0 Å². The van der Waals surface area contributed by atoms with E-state index in [4.69, 9.17) is 6.57 Å². The van der Waals surface area contributed by atoms with Crippen molar-refractivity contribution in [2.24, 2.45) is 5.41 Å². The molecule has 0 unspecified atom stereocenters. The summed E-state index contributed by atoms with van der Waals surface area (Å²) in [6, 6.07) is 16.3. The molecule has 96 valence electrons. The second-order valence-electron chi connectivity index (χ2n) is 6.06. The largest absolute Gasteiger partial charge is 0.238 e. The van der Waals surface area contributed by atoms with Crippen LogP contribution in [0.1, 0.15) is 26.3 Å². The summed E-state index contributed by atoms with van der Waals surface area (Å²) in [6.07, 6.45) is 1.07. The average Bonchev–Trinajstić information content (AvgIpc) is 2.38. The lowest BCUT2D eigenvalue weighted by atomic mass is 9.87. The van der Waals surface area contributed by atoms with Crippen LogP contribution in [0.15, 0.2) is 48.5 Å². The second-order valence-corrected chi connectivity index (χ2v) is 6.06. The molecule has 0 saturated carbocycles. The summed E-state index contributed by atoms with van der Waals surface area (Å²) in [7, 11) is 0. The Morgan fingerprint density at radius 2 is 1.58 bits per heavy atom. The maximum atomic E-state index is 7.22. The van der Waals surface area contributed by atoms with Gasteiger partial charge in [-0.15, -0.1) is 0 Å². The van der Waals surface area contributed by atoms with E-state index in [0.717, 1.165) is 17.5 Å². The van der Waals surface area contributed by atoms with Crippen LogP contribution < -0.4 is 0 Å². The zero-order valence-corrected chi connectivity index (χ0v) is 11.8. The summed E-state index contributed by atoms with van der Waals surface area (Å²) in [5.41, 5.74) is 4.49. The van der Waals surface area contributed by atoms with Gasteiger partial charge in [0.05, 0.1) is 6.57 Å². The fourth-order valence-corrected chi connectivity index (χ4v) is 2.23. The predicted molar refractivity (Wildman–Crippen MR) is 81.3 cm³/mol. The molecule has 1 nitrogen and oxygen atoms in total. The first-order chi connectivity index (χ1) is 8.99. The maximum Gasteiger partial charge on any atom is 0.194 e. The van der Waals surface area contributed by atoms with Gasteiger partial charge in [-0.25, -0.2) is 4.85 Å². The third kappa shape index (κ3) is 3.45. The molecule has 2 aromatic rings. The summed E-state index contributed by atoms with van der Waals surface area (Å²) >= 11 is 0. The zero-order valence-electron chi connectivity index (χ0n) is 11.8. The Balaban J connectivity index is 2.31. The lowest BCUT2D eigenvalue weighted by Gasteiger charge is -2.18. The van der Waals surface area contributed by atoms with Crippen molar-refractivity contribution < 1.29 is 0 Å². The summed E-state index contributed by atoms with van der Waals surface area (Å²) in [4.78, 5) is 3.58. The molecule has 1 heteroatoms. The molecule has 0 fully saturated rings. The van der Waals surface area contributed by atoms with E-state index in [1.807, 2.05) is 24.3 Å². The lowest BCUT2D eigenvalue weighted by Crippen LogP contribution is -2.08. The fourth-order valence-electron chi connectivity index (χ4n) is 2.23. The number of nitrogens with zero attached hydrogens (tertiary/aromatic N) is 1. The van der Waals surface area contributed by atoms with Crippen LogP contribution in [0.3, 0.4) is 0 Å². The minimum atomic E-state index is 0.302. The molecular formula is C18H19N. The molecule has 0 atom stereocenters. The van der Waals surface area contributed by atoms with Crippen LogP contribution >= 0.6 is 0 Å². The Hall–Kier alpha value is -2.07. The molecule has 0 aliphatic carbocycles. The molecule has 0 aliphatic heterocycles. The molecule has 0 saturated heterocycles.